The third-order valence-electron chi connectivity index (χ3n) is 18.1. The molecule has 0 spiro atoms. The monoisotopic (exact) mass is 1470 g/mol. The van der Waals surface area contributed by atoms with Crippen LogP contribution in [-0.4, -0.2) is 229 Å². The van der Waals surface area contributed by atoms with Crippen molar-refractivity contribution in [1.29, 1.82) is 0 Å². The summed E-state index contributed by atoms with van der Waals surface area (Å²) in [5.74, 6) is -12.8. The van der Waals surface area contributed by atoms with Crippen LogP contribution in [0, 0.1) is 11.8 Å². The summed E-state index contributed by atoms with van der Waals surface area (Å²) < 4.78 is 12.6. The van der Waals surface area contributed by atoms with Crippen molar-refractivity contribution in [2.75, 3.05) is 26.3 Å². The highest BCUT2D eigenvalue weighted by Gasteiger charge is 2.45. The molecule has 3 aliphatic rings. The number of ether oxygens (including phenoxy) is 2. The van der Waals surface area contributed by atoms with E-state index in [1.165, 1.54) is 40.0 Å². The number of aliphatic hydroxyl groups excluding tert-OH is 3. The van der Waals surface area contributed by atoms with Crippen molar-refractivity contribution in [2.24, 2.45) is 34.8 Å². The number of carbonyl (C=O) groups is 12. The molecule has 1 aromatic heterocycles. The number of nitrogens with two attached hydrogens (primary N) is 4. The summed E-state index contributed by atoms with van der Waals surface area (Å²) in [4.78, 5) is 176. The lowest BCUT2D eigenvalue weighted by Gasteiger charge is -2.40. The van der Waals surface area contributed by atoms with Crippen molar-refractivity contribution in [3.63, 3.8) is 0 Å². The van der Waals surface area contributed by atoms with Crippen LogP contribution in [0.3, 0.4) is 0 Å². The van der Waals surface area contributed by atoms with Crippen LogP contribution < -0.4 is 70.8 Å². The predicted molar refractivity (Wildman–Crippen MR) is 374 cm³/mol. The molecule has 35 heteroatoms. The fraction of sp³-hybridized carbons (Fsp3) is 0.543. The van der Waals surface area contributed by atoms with Crippen LogP contribution in [-0.2, 0) is 99.2 Å². The first-order chi connectivity index (χ1) is 50.0. The number of phenols is 1. The zero-order chi connectivity index (χ0) is 76.6. The Kier molecular flexibility index (Phi) is 31.1. The van der Waals surface area contributed by atoms with Crippen LogP contribution in [0.2, 0.25) is 0 Å². The maximum atomic E-state index is 15.3. The van der Waals surface area contributed by atoms with E-state index in [-0.39, 0.29) is 88.5 Å². The zero-order valence-electron chi connectivity index (χ0n) is 59.1. The van der Waals surface area contributed by atoms with Gasteiger partial charge in [-0.3, -0.25) is 57.5 Å². The number of aromatic nitrogens is 3. The van der Waals surface area contributed by atoms with Gasteiger partial charge in [0, 0.05) is 44.8 Å². The van der Waals surface area contributed by atoms with E-state index in [9.17, 15) is 58.8 Å². The second-order valence-corrected chi connectivity index (χ2v) is 27.2. The third kappa shape index (κ3) is 24.5. The standard InChI is InChI=1S/C70H99N17O18/c1-37(2)29-46-62(96)82-51(32-40-15-9-6-10-16-40)69(103)87-26-12-18-52(87)67(101)81-47(30-39-13-7-5-8-14-39)63(97)79-49(33-42-35-86(85-84-42)27-28-104-70-56(74)59(93)58(92)53(36-88)105-70)64(98)80-50(34-55(73)91)65(99)75-45(23-24-54(72)90)61(95)78-48(31-41-19-21-43(89)22-20-41)66(100)83-57(38(3)4)68(102)76-44(17-11-25-71)60(94)77-46/h5-10,13-16,19-22,35,37-38,44-53,56-59,70,88-89,92-93H,11-12,17-18,23-34,36,71,74H2,1-4H3,(H2,72,90)(H2,73,91)(H,75,99)(H,76,102)(H,77,94)(H,78,95)(H,79,97)(H,80,98)(H,81,101)(H,82,96)(H,83,100)/t44-,45-,46-,47-,48-,49+,50-,51+,52-,53+,56+,57-,58-,59+,70+/m0/s1. The van der Waals surface area contributed by atoms with Gasteiger partial charge in [0.2, 0.25) is 70.9 Å². The molecule has 0 saturated carbocycles. The minimum atomic E-state index is -1.98. The summed E-state index contributed by atoms with van der Waals surface area (Å²) in [6, 6.07) is 5.84. The Morgan fingerprint density at radius 1 is 0.600 bits per heavy atom. The lowest BCUT2D eigenvalue weighted by molar-refractivity contribution is -0.266. The van der Waals surface area contributed by atoms with Crippen molar-refractivity contribution >= 4 is 70.9 Å². The maximum absolute atomic E-state index is 15.3. The van der Waals surface area contributed by atoms with Crippen LogP contribution >= 0.6 is 0 Å². The van der Waals surface area contributed by atoms with Gasteiger partial charge in [-0.15, -0.1) is 5.10 Å². The van der Waals surface area contributed by atoms with Crippen LogP contribution in [0.4, 0.5) is 0 Å². The Hall–Kier alpha value is -10.0. The van der Waals surface area contributed by atoms with E-state index in [2.05, 4.69) is 58.2 Å². The minimum Gasteiger partial charge on any atom is -0.508 e. The van der Waals surface area contributed by atoms with E-state index in [1.54, 1.807) is 88.4 Å². The minimum absolute atomic E-state index is 0.00738. The molecule has 0 unspecified atom stereocenters. The Balaban J connectivity index is 1.31. The Labute approximate surface area is 606 Å². The molecular formula is C70H99N17O18. The van der Waals surface area contributed by atoms with Crippen molar-refractivity contribution in [2.45, 2.75) is 202 Å². The Morgan fingerprint density at radius 3 is 1.67 bits per heavy atom. The molecule has 7 rings (SSSR count). The van der Waals surface area contributed by atoms with Crippen molar-refractivity contribution in [3.05, 3.63) is 114 Å². The highest BCUT2D eigenvalue weighted by molar-refractivity contribution is 6.01. The fourth-order valence-electron chi connectivity index (χ4n) is 12.4. The average molecular weight is 1470 g/mol. The van der Waals surface area contributed by atoms with Crippen LogP contribution in [0.15, 0.2) is 91.1 Å². The number of rotatable bonds is 24. The molecular weight excluding hydrogens is 1370 g/mol. The van der Waals surface area contributed by atoms with E-state index < -0.39 is 200 Å². The van der Waals surface area contributed by atoms with E-state index in [4.69, 9.17) is 32.4 Å². The van der Waals surface area contributed by atoms with Gasteiger partial charge in [-0.1, -0.05) is 106 Å². The number of benzene rings is 3. The first-order valence-corrected chi connectivity index (χ1v) is 35.1. The van der Waals surface area contributed by atoms with Gasteiger partial charge in [0.15, 0.2) is 6.29 Å². The van der Waals surface area contributed by atoms with Crippen molar-refractivity contribution in [3.8, 4) is 5.75 Å². The maximum Gasteiger partial charge on any atom is 0.246 e. The average Bonchev–Trinajstić information content (AvgIpc) is 1.59. The molecule has 3 fully saturated rings. The normalized spacial score (nSPS) is 26.9. The summed E-state index contributed by atoms with van der Waals surface area (Å²) in [7, 11) is 0. The van der Waals surface area contributed by atoms with Gasteiger partial charge in [0.1, 0.15) is 84.5 Å². The lowest BCUT2D eigenvalue weighted by Crippen LogP contribution is -2.62. The van der Waals surface area contributed by atoms with Crippen molar-refractivity contribution < 1.29 is 87.4 Å². The number of nitrogens with zero attached hydrogens (tertiary/aromatic N) is 4. The fourth-order valence-corrected chi connectivity index (χ4v) is 12.4. The SMILES string of the molecule is CC(C)C[C@@H]1NC(=O)[C@H](CCCN)NC(=O)[C@H](C(C)C)NC(=O)[C@H](Cc2ccc(O)cc2)NC(=O)[C@H](CCC(N)=O)NC(=O)[C@H](CC(N)=O)NC(=O)[C@@H](Cc2cn(CCO[C@@H]3O[C@H](CO)[C@H](O)[C@H](O)[C@H]3N)nn2)NC(=O)[C@H](Cc2ccccc2)NC(=O)[C@@H]2CCCN2C(=O)[C@@H](Cc2ccccc2)NC1=O. The van der Waals surface area contributed by atoms with Gasteiger partial charge in [0.05, 0.1) is 37.9 Å². The van der Waals surface area contributed by atoms with Crippen LogP contribution in [0.1, 0.15) is 101 Å². The summed E-state index contributed by atoms with van der Waals surface area (Å²) in [6.07, 6.45) is -6.94. The molecule has 105 heavy (non-hydrogen) atoms. The molecule has 4 aromatic rings. The Bertz CT molecular complexity index is 3630. The summed E-state index contributed by atoms with van der Waals surface area (Å²) in [6.45, 7) is 5.90. The molecule has 0 radical (unpaired) electrons. The molecule has 4 heterocycles. The first kappa shape index (κ1) is 82.2. The lowest BCUT2D eigenvalue weighted by atomic mass is 9.98. The third-order valence-corrected chi connectivity index (χ3v) is 18.1. The predicted octanol–water partition coefficient (Wildman–Crippen LogP) is -5.01. The summed E-state index contributed by atoms with van der Waals surface area (Å²) >= 11 is 0. The number of nitrogens with one attached hydrogen (secondary N) is 9. The molecule has 3 saturated heterocycles. The molecule has 15 atom stereocenters. The van der Waals surface area contributed by atoms with E-state index in [1.807, 2.05) is 0 Å². The number of carbonyl (C=O) groups excluding carboxylic acids is 12. The number of aromatic hydroxyl groups is 1. The molecule has 3 aliphatic heterocycles. The quantitative estimate of drug-likeness (QED) is 0.0312. The van der Waals surface area contributed by atoms with Crippen LogP contribution in [0.25, 0.3) is 0 Å². The van der Waals surface area contributed by atoms with Gasteiger partial charge < -0.3 is 106 Å². The van der Waals surface area contributed by atoms with Gasteiger partial charge in [-0.05, 0) is 85.7 Å². The summed E-state index contributed by atoms with van der Waals surface area (Å²) in [5.41, 5.74) is 24.8. The summed E-state index contributed by atoms with van der Waals surface area (Å²) in [5, 5.41) is 72.9. The first-order valence-electron chi connectivity index (χ1n) is 35.1. The largest absolute Gasteiger partial charge is 0.508 e. The second kappa shape index (κ2) is 39.7. The van der Waals surface area contributed by atoms with Gasteiger partial charge in [-0.25, -0.2) is 4.68 Å². The molecule has 0 bridgehead atoms. The van der Waals surface area contributed by atoms with Crippen molar-refractivity contribution in [1.82, 2.24) is 67.7 Å². The van der Waals surface area contributed by atoms with E-state index in [0.29, 0.717) is 23.1 Å². The molecule has 35 nitrogen and oxygen atoms in total. The number of aliphatic hydroxyl groups is 3. The smallest absolute Gasteiger partial charge is 0.246 e. The van der Waals surface area contributed by atoms with Crippen LogP contribution in [0.5, 0.6) is 5.75 Å². The zero-order valence-corrected chi connectivity index (χ0v) is 59.1. The molecule has 572 valence electrons. The molecule has 3 aromatic carbocycles. The molecule has 21 N–H and O–H groups in total. The number of primary amides is 2. The topological polar surface area (TPSA) is 551 Å². The highest BCUT2D eigenvalue weighted by atomic mass is 16.7. The number of phenolic OH excluding ortho intramolecular Hbond substituents is 1. The van der Waals surface area contributed by atoms with Gasteiger partial charge in [-0.2, -0.15) is 0 Å². The number of amides is 12. The van der Waals surface area contributed by atoms with E-state index >= 15 is 19.2 Å². The molecule has 12 amide bonds. The number of fused-ring (bicyclic) bond motifs is 1. The molecule has 0 aliphatic carbocycles. The highest BCUT2D eigenvalue weighted by Crippen LogP contribution is 2.24. The number of hydrogen-bond donors (Lipinski definition) is 17. The van der Waals surface area contributed by atoms with E-state index in [0.717, 1.165) is 0 Å². The van der Waals surface area contributed by atoms with Gasteiger partial charge in [0.25, 0.3) is 0 Å². The number of hydrogen-bond acceptors (Lipinski definition) is 22. The second-order valence-electron chi connectivity index (χ2n) is 27.2. The Morgan fingerprint density at radius 2 is 1.10 bits per heavy atom. The van der Waals surface area contributed by atoms with Gasteiger partial charge >= 0.3 is 0 Å².